The highest BCUT2D eigenvalue weighted by molar-refractivity contribution is 5.98. The molecular weight excluding hydrogens is 350 g/mol. The lowest BCUT2D eigenvalue weighted by atomic mass is 9.91. The van der Waals surface area contributed by atoms with Gasteiger partial charge in [-0.05, 0) is 49.1 Å². The second-order valence-electron chi connectivity index (χ2n) is 7.94. The first-order valence-electron chi connectivity index (χ1n) is 9.33. The molecule has 3 unspecified atom stereocenters. The standard InChI is InChI=1S/C19H25N3O5/c1-11-7-12(2)10-21(9-11)15-6-5-14(8-16(15)22(26)27)18(23)20-17(19(24)25)13-3-4-13/h5-6,8,11-13,17H,3-4,7,9-10H2,1-2H3,(H,20,23)(H,24,25). The Morgan fingerprint density at radius 1 is 1.26 bits per heavy atom. The first kappa shape index (κ1) is 19.1. The summed E-state index contributed by atoms with van der Waals surface area (Å²) in [5.74, 6) is -0.855. The number of hydrogen-bond donors (Lipinski definition) is 2. The summed E-state index contributed by atoms with van der Waals surface area (Å²) in [5.41, 5.74) is 0.490. The molecule has 0 aromatic heterocycles. The highest BCUT2D eigenvalue weighted by Gasteiger charge is 2.37. The minimum absolute atomic E-state index is 0.0583. The summed E-state index contributed by atoms with van der Waals surface area (Å²) in [6.45, 7) is 5.72. The third-order valence-corrected chi connectivity index (χ3v) is 5.29. The van der Waals surface area contributed by atoms with Gasteiger partial charge in [0.1, 0.15) is 11.7 Å². The fourth-order valence-electron chi connectivity index (χ4n) is 3.97. The van der Waals surface area contributed by atoms with E-state index in [-0.39, 0.29) is 17.2 Å². The lowest BCUT2D eigenvalue weighted by Gasteiger charge is -2.36. The molecule has 1 amide bonds. The maximum atomic E-state index is 12.4. The quantitative estimate of drug-likeness (QED) is 0.584. The van der Waals surface area contributed by atoms with Gasteiger partial charge in [0, 0.05) is 24.7 Å². The number of carbonyl (C=O) groups is 2. The van der Waals surface area contributed by atoms with Gasteiger partial charge in [-0.1, -0.05) is 13.8 Å². The van der Waals surface area contributed by atoms with Gasteiger partial charge in [0.15, 0.2) is 0 Å². The molecule has 3 rings (SSSR count). The van der Waals surface area contributed by atoms with E-state index in [1.54, 1.807) is 6.07 Å². The molecule has 1 aliphatic heterocycles. The summed E-state index contributed by atoms with van der Waals surface area (Å²) >= 11 is 0. The maximum Gasteiger partial charge on any atom is 0.326 e. The Labute approximate surface area is 157 Å². The number of carbonyl (C=O) groups excluding carboxylic acids is 1. The molecule has 2 N–H and O–H groups in total. The van der Waals surface area contributed by atoms with E-state index in [2.05, 4.69) is 19.2 Å². The molecule has 1 aliphatic carbocycles. The van der Waals surface area contributed by atoms with E-state index in [0.717, 1.165) is 32.4 Å². The Kier molecular flexibility index (Phi) is 5.34. The van der Waals surface area contributed by atoms with Gasteiger partial charge in [0.05, 0.1) is 4.92 Å². The van der Waals surface area contributed by atoms with Crippen molar-refractivity contribution in [1.82, 2.24) is 5.32 Å². The van der Waals surface area contributed by atoms with Crippen LogP contribution in [0.1, 0.15) is 43.5 Å². The van der Waals surface area contributed by atoms with Crippen LogP contribution in [0.4, 0.5) is 11.4 Å². The number of carboxylic acid groups (broad SMARTS) is 1. The zero-order chi connectivity index (χ0) is 19.7. The monoisotopic (exact) mass is 375 g/mol. The smallest absolute Gasteiger partial charge is 0.326 e. The molecule has 1 saturated heterocycles. The van der Waals surface area contributed by atoms with Crippen molar-refractivity contribution in [3.8, 4) is 0 Å². The molecule has 27 heavy (non-hydrogen) atoms. The molecule has 1 heterocycles. The van der Waals surface area contributed by atoms with Gasteiger partial charge in [-0.25, -0.2) is 4.79 Å². The number of anilines is 1. The van der Waals surface area contributed by atoms with Crippen LogP contribution in [0.2, 0.25) is 0 Å². The molecule has 0 bridgehead atoms. The number of benzene rings is 1. The third-order valence-electron chi connectivity index (χ3n) is 5.29. The van der Waals surface area contributed by atoms with Crippen LogP contribution in [0.5, 0.6) is 0 Å². The highest BCUT2D eigenvalue weighted by Crippen LogP contribution is 2.35. The minimum Gasteiger partial charge on any atom is -0.480 e. The van der Waals surface area contributed by atoms with E-state index < -0.39 is 22.8 Å². The Hall–Kier alpha value is -2.64. The molecule has 8 heteroatoms. The Morgan fingerprint density at radius 2 is 1.89 bits per heavy atom. The normalized spacial score (nSPS) is 23.6. The predicted octanol–water partition coefficient (Wildman–Crippen LogP) is 2.67. The number of nitro benzene ring substituents is 1. The Morgan fingerprint density at radius 3 is 2.41 bits per heavy atom. The van der Waals surface area contributed by atoms with E-state index in [4.69, 9.17) is 0 Å². The molecular formula is C19H25N3O5. The van der Waals surface area contributed by atoms with Crippen LogP contribution >= 0.6 is 0 Å². The number of rotatable bonds is 6. The Balaban J connectivity index is 1.83. The van der Waals surface area contributed by atoms with Gasteiger partial charge in [0.25, 0.3) is 11.6 Å². The Bertz CT molecular complexity index is 752. The minimum atomic E-state index is -1.08. The number of carboxylic acids is 1. The number of nitrogens with zero attached hydrogens (tertiary/aromatic N) is 2. The molecule has 0 spiro atoms. The van der Waals surface area contributed by atoms with E-state index in [0.29, 0.717) is 17.5 Å². The predicted molar refractivity (Wildman–Crippen MR) is 99.9 cm³/mol. The van der Waals surface area contributed by atoms with Crippen molar-refractivity contribution in [1.29, 1.82) is 0 Å². The van der Waals surface area contributed by atoms with Gasteiger partial charge in [0.2, 0.25) is 0 Å². The van der Waals surface area contributed by atoms with Crippen molar-refractivity contribution in [3.63, 3.8) is 0 Å². The van der Waals surface area contributed by atoms with Gasteiger partial charge < -0.3 is 15.3 Å². The zero-order valence-electron chi connectivity index (χ0n) is 15.6. The van der Waals surface area contributed by atoms with Crippen LogP contribution < -0.4 is 10.2 Å². The van der Waals surface area contributed by atoms with Crippen LogP contribution in [0.25, 0.3) is 0 Å². The summed E-state index contributed by atoms with van der Waals surface area (Å²) in [4.78, 5) is 36.9. The molecule has 3 atom stereocenters. The van der Waals surface area contributed by atoms with Gasteiger partial charge in [-0.15, -0.1) is 0 Å². The topological polar surface area (TPSA) is 113 Å². The highest BCUT2D eigenvalue weighted by atomic mass is 16.6. The molecule has 2 fully saturated rings. The van der Waals surface area contributed by atoms with Gasteiger partial charge in [-0.2, -0.15) is 0 Å². The molecule has 1 saturated carbocycles. The molecule has 1 aromatic carbocycles. The second-order valence-corrected chi connectivity index (χ2v) is 7.94. The van der Waals surface area contributed by atoms with Crippen LogP contribution in [0.15, 0.2) is 18.2 Å². The van der Waals surface area contributed by atoms with Crippen LogP contribution in [0.3, 0.4) is 0 Å². The first-order valence-corrected chi connectivity index (χ1v) is 9.33. The van der Waals surface area contributed by atoms with E-state index in [9.17, 15) is 24.8 Å². The van der Waals surface area contributed by atoms with Crippen molar-refractivity contribution in [2.75, 3.05) is 18.0 Å². The maximum absolute atomic E-state index is 12.4. The number of hydrogen-bond acceptors (Lipinski definition) is 5. The largest absolute Gasteiger partial charge is 0.480 e. The lowest BCUT2D eigenvalue weighted by molar-refractivity contribution is -0.384. The van der Waals surface area contributed by atoms with Crippen LogP contribution in [0, 0.1) is 27.9 Å². The van der Waals surface area contributed by atoms with Crippen molar-refractivity contribution in [2.24, 2.45) is 17.8 Å². The van der Waals surface area contributed by atoms with Crippen LogP contribution in [-0.2, 0) is 4.79 Å². The number of nitro groups is 1. The van der Waals surface area contributed by atoms with Gasteiger partial charge in [-0.3, -0.25) is 14.9 Å². The fraction of sp³-hybridized carbons (Fsp3) is 0.579. The number of aliphatic carboxylic acids is 1. The second kappa shape index (κ2) is 7.54. The molecule has 2 aliphatic rings. The summed E-state index contributed by atoms with van der Waals surface area (Å²) in [7, 11) is 0. The average molecular weight is 375 g/mol. The molecule has 0 radical (unpaired) electrons. The molecule has 1 aromatic rings. The number of amides is 1. The van der Waals surface area contributed by atoms with Crippen molar-refractivity contribution >= 4 is 23.3 Å². The summed E-state index contributed by atoms with van der Waals surface area (Å²) in [5, 5.41) is 23.4. The van der Waals surface area contributed by atoms with E-state index >= 15 is 0 Å². The van der Waals surface area contributed by atoms with Crippen molar-refractivity contribution in [2.45, 2.75) is 39.2 Å². The van der Waals surface area contributed by atoms with E-state index in [1.807, 2.05) is 4.90 Å². The SMILES string of the molecule is CC1CC(C)CN(c2ccc(C(=O)NC(C(=O)O)C3CC3)cc2[N+](=O)[O-])C1. The number of nitrogens with one attached hydrogen (secondary N) is 1. The van der Waals surface area contributed by atoms with E-state index in [1.165, 1.54) is 12.1 Å². The third kappa shape index (κ3) is 4.37. The van der Waals surface area contributed by atoms with Crippen molar-refractivity contribution < 1.29 is 19.6 Å². The summed E-state index contributed by atoms with van der Waals surface area (Å²) < 4.78 is 0. The molecule has 8 nitrogen and oxygen atoms in total. The van der Waals surface area contributed by atoms with Crippen LogP contribution in [-0.4, -0.2) is 41.0 Å². The van der Waals surface area contributed by atoms with Crippen molar-refractivity contribution in [3.05, 3.63) is 33.9 Å². The zero-order valence-corrected chi connectivity index (χ0v) is 15.6. The number of piperidine rings is 1. The summed E-state index contributed by atoms with van der Waals surface area (Å²) in [6.07, 6.45) is 2.62. The fourth-order valence-corrected chi connectivity index (χ4v) is 3.97. The lowest BCUT2D eigenvalue weighted by Crippen LogP contribution is -2.42. The summed E-state index contributed by atoms with van der Waals surface area (Å²) in [6, 6.07) is 3.44. The molecule has 146 valence electrons. The average Bonchev–Trinajstić information content (AvgIpc) is 3.42. The van der Waals surface area contributed by atoms with Gasteiger partial charge >= 0.3 is 5.97 Å². The first-order chi connectivity index (χ1) is 12.8.